The first-order chi connectivity index (χ1) is 29.5. The molecule has 0 saturated carbocycles. The number of carbonyl (C=O) groups excluding carboxylic acids is 6. The van der Waals surface area contributed by atoms with Gasteiger partial charge in [0.15, 0.2) is 0 Å². The van der Waals surface area contributed by atoms with Crippen molar-refractivity contribution in [3.63, 3.8) is 0 Å². The molecule has 358 valence electrons. The Labute approximate surface area is 377 Å². The lowest BCUT2D eigenvalue weighted by Crippen LogP contribution is -2.60. The molecule has 0 bridgehead atoms. The topological polar surface area (TPSA) is 185 Å². The SMILES string of the molecule is CC[C@H](C)[C@@H](C(CC(=O)N1CCCC1[C@H](OC)C(C)C(=O)N[C@@H](Cc1ccccc1)C(=O)OC)OC)N(C)C(=O)[C@@H](NC(=O)[C@H](C(C)C)N(C)CCNC(=O)OC(C)(C)C)C(C)C. The van der Waals surface area contributed by atoms with E-state index in [4.69, 9.17) is 18.9 Å². The molecule has 5 amide bonds. The Morgan fingerprint density at radius 3 is 2.03 bits per heavy atom. The van der Waals surface area contributed by atoms with Crippen molar-refractivity contribution in [2.75, 3.05) is 55.1 Å². The molecule has 3 N–H and O–H groups in total. The van der Waals surface area contributed by atoms with Crippen molar-refractivity contribution >= 4 is 35.7 Å². The van der Waals surface area contributed by atoms with Gasteiger partial charge in [0.05, 0.1) is 49.8 Å². The van der Waals surface area contributed by atoms with Gasteiger partial charge in [-0.1, -0.05) is 85.2 Å². The maximum Gasteiger partial charge on any atom is 0.407 e. The predicted molar refractivity (Wildman–Crippen MR) is 242 cm³/mol. The normalized spacial score (nSPS) is 18.1. The third-order valence-electron chi connectivity index (χ3n) is 12.1. The van der Waals surface area contributed by atoms with Crippen LogP contribution in [0.25, 0.3) is 0 Å². The number of methoxy groups -OCH3 is 3. The minimum atomic E-state index is -0.910. The summed E-state index contributed by atoms with van der Waals surface area (Å²) in [7, 11) is 7.84. The van der Waals surface area contributed by atoms with Crippen molar-refractivity contribution in [3.05, 3.63) is 35.9 Å². The summed E-state index contributed by atoms with van der Waals surface area (Å²) in [6.45, 7) is 19.8. The summed E-state index contributed by atoms with van der Waals surface area (Å²) >= 11 is 0. The Morgan fingerprint density at radius 1 is 0.873 bits per heavy atom. The number of hydrogen-bond acceptors (Lipinski definition) is 11. The molecular formula is C47H80N6O10. The molecule has 0 radical (unpaired) electrons. The summed E-state index contributed by atoms with van der Waals surface area (Å²) in [5, 5.41) is 8.65. The highest BCUT2D eigenvalue weighted by molar-refractivity contribution is 5.90. The van der Waals surface area contributed by atoms with E-state index in [0.29, 0.717) is 32.4 Å². The minimum absolute atomic E-state index is 0.0334. The number of alkyl carbamates (subject to hydrolysis) is 1. The van der Waals surface area contributed by atoms with Crippen molar-refractivity contribution in [2.24, 2.45) is 23.7 Å². The molecule has 3 unspecified atom stereocenters. The van der Waals surface area contributed by atoms with Gasteiger partial charge in [-0.2, -0.15) is 0 Å². The summed E-state index contributed by atoms with van der Waals surface area (Å²) in [6, 6.07) is 6.02. The Morgan fingerprint density at radius 2 is 1.51 bits per heavy atom. The molecule has 0 aliphatic carbocycles. The molecule has 1 saturated heterocycles. The highest BCUT2D eigenvalue weighted by Gasteiger charge is 2.43. The Bertz CT molecular complexity index is 1620. The fraction of sp³-hybridized carbons (Fsp3) is 0.745. The van der Waals surface area contributed by atoms with Gasteiger partial charge in [0, 0.05) is 47.3 Å². The molecule has 1 aliphatic heterocycles. The van der Waals surface area contributed by atoms with Crippen LogP contribution in [0.4, 0.5) is 4.79 Å². The standard InChI is InChI=1S/C47H80N6O10/c1-16-31(6)40(52(12)44(57)38(29(2)3)50-43(56)39(30(4)5)51(11)26-24-48-46(59)63-47(8,9)10)36(60-13)28-37(54)53-25-20-23-35(53)41(61-14)32(7)42(55)49-34(45(58)62-15)27-33-21-18-17-19-22-33/h17-19,21-22,29-32,34-36,38-41H,16,20,23-28H2,1-15H3,(H,48,59)(H,49,55)(H,50,56)/t31-,32?,34-,35?,36?,38-,39-,40-,41+/m0/s1. The van der Waals surface area contributed by atoms with Crippen LogP contribution in [0.1, 0.15) is 100 Å². The van der Waals surface area contributed by atoms with Gasteiger partial charge in [-0.25, -0.2) is 9.59 Å². The molecule has 1 heterocycles. The van der Waals surface area contributed by atoms with E-state index in [1.807, 2.05) is 76.8 Å². The van der Waals surface area contributed by atoms with Gasteiger partial charge in [-0.3, -0.25) is 24.1 Å². The number of hydrogen-bond donors (Lipinski definition) is 3. The van der Waals surface area contributed by atoms with E-state index in [9.17, 15) is 28.8 Å². The number of nitrogens with one attached hydrogen (secondary N) is 3. The van der Waals surface area contributed by atoms with Crippen molar-refractivity contribution in [1.29, 1.82) is 0 Å². The lowest BCUT2D eigenvalue weighted by atomic mass is 9.89. The monoisotopic (exact) mass is 889 g/mol. The molecule has 1 aromatic rings. The summed E-state index contributed by atoms with van der Waals surface area (Å²) in [4.78, 5) is 86.8. The number of benzene rings is 1. The lowest BCUT2D eigenvalue weighted by Gasteiger charge is -2.41. The van der Waals surface area contributed by atoms with Crippen LogP contribution in [0, 0.1) is 23.7 Å². The van der Waals surface area contributed by atoms with E-state index in [0.717, 1.165) is 5.56 Å². The minimum Gasteiger partial charge on any atom is -0.467 e. The summed E-state index contributed by atoms with van der Waals surface area (Å²) in [5.74, 6) is -2.96. The van der Waals surface area contributed by atoms with Crippen LogP contribution in [0.3, 0.4) is 0 Å². The van der Waals surface area contributed by atoms with E-state index < -0.39 is 71.9 Å². The number of carbonyl (C=O) groups is 6. The maximum atomic E-state index is 14.5. The van der Waals surface area contributed by atoms with Crippen LogP contribution in [-0.4, -0.2) is 153 Å². The number of amides is 5. The van der Waals surface area contributed by atoms with Crippen LogP contribution >= 0.6 is 0 Å². The third-order valence-corrected chi connectivity index (χ3v) is 12.1. The summed E-state index contributed by atoms with van der Waals surface area (Å²) in [6.07, 6.45) is 0.313. The first-order valence-corrected chi connectivity index (χ1v) is 22.5. The fourth-order valence-electron chi connectivity index (χ4n) is 8.57. The van der Waals surface area contributed by atoms with Crippen molar-refractivity contribution in [1.82, 2.24) is 30.7 Å². The van der Waals surface area contributed by atoms with E-state index in [-0.39, 0.29) is 54.9 Å². The zero-order valence-corrected chi connectivity index (χ0v) is 40.8. The van der Waals surface area contributed by atoms with Crippen LogP contribution in [-0.2, 0) is 49.3 Å². The van der Waals surface area contributed by atoms with Crippen molar-refractivity contribution in [3.8, 4) is 0 Å². The van der Waals surface area contributed by atoms with Gasteiger partial charge in [0.1, 0.15) is 17.7 Å². The fourth-order valence-corrected chi connectivity index (χ4v) is 8.57. The van der Waals surface area contributed by atoms with Gasteiger partial charge < -0.3 is 44.7 Å². The molecule has 0 aromatic heterocycles. The number of esters is 1. The second-order valence-corrected chi connectivity index (χ2v) is 18.7. The zero-order valence-electron chi connectivity index (χ0n) is 40.8. The predicted octanol–water partition coefficient (Wildman–Crippen LogP) is 4.43. The van der Waals surface area contributed by atoms with Crippen molar-refractivity contribution in [2.45, 2.75) is 149 Å². The van der Waals surface area contributed by atoms with Crippen LogP contribution in [0.5, 0.6) is 0 Å². The molecule has 0 spiro atoms. The molecular weight excluding hydrogens is 809 g/mol. The largest absolute Gasteiger partial charge is 0.467 e. The summed E-state index contributed by atoms with van der Waals surface area (Å²) < 4.78 is 22.4. The molecule has 1 aliphatic rings. The van der Waals surface area contributed by atoms with Crippen molar-refractivity contribution < 1.29 is 47.7 Å². The Balaban J connectivity index is 2.26. The second-order valence-electron chi connectivity index (χ2n) is 18.7. The lowest BCUT2D eigenvalue weighted by molar-refractivity contribution is -0.149. The Hall–Kier alpha value is -4.28. The van der Waals surface area contributed by atoms with Gasteiger partial charge in [0.25, 0.3) is 0 Å². The van der Waals surface area contributed by atoms with Gasteiger partial charge in [-0.05, 0) is 64.0 Å². The number of rotatable bonds is 24. The number of ether oxygens (including phenoxy) is 4. The van der Waals surface area contributed by atoms with Crippen LogP contribution in [0.2, 0.25) is 0 Å². The van der Waals surface area contributed by atoms with E-state index in [2.05, 4.69) is 16.0 Å². The third kappa shape index (κ3) is 16.3. The molecule has 16 nitrogen and oxygen atoms in total. The highest BCUT2D eigenvalue weighted by Crippen LogP contribution is 2.30. The van der Waals surface area contributed by atoms with Gasteiger partial charge in [-0.15, -0.1) is 0 Å². The summed E-state index contributed by atoms with van der Waals surface area (Å²) in [5.41, 5.74) is 0.227. The average Bonchev–Trinajstić information content (AvgIpc) is 3.71. The molecule has 1 aromatic carbocycles. The van der Waals surface area contributed by atoms with Gasteiger partial charge in [0.2, 0.25) is 23.6 Å². The van der Waals surface area contributed by atoms with Gasteiger partial charge >= 0.3 is 12.1 Å². The highest BCUT2D eigenvalue weighted by atomic mass is 16.6. The first-order valence-electron chi connectivity index (χ1n) is 22.5. The molecule has 63 heavy (non-hydrogen) atoms. The smallest absolute Gasteiger partial charge is 0.407 e. The molecule has 16 heteroatoms. The van der Waals surface area contributed by atoms with Crippen LogP contribution in [0.15, 0.2) is 30.3 Å². The second kappa shape index (κ2) is 25.9. The number of likely N-dealkylation sites (N-methyl/N-ethyl adjacent to an activating group) is 2. The van der Waals surface area contributed by atoms with E-state index >= 15 is 0 Å². The Kier molecular flexibility index (Phi) is 22.5. The molecule has 1 fully saturated rings. The number of likely N-dealkylation sites (tertiary alicyclic amines) is 1. The first kappa shape index (κ1) is 54.9. The maximum absolute atomic E-state index is 14.5. The van der Waals surface area contributed by atoms with E-state index in [1.165, 1.54) is 21.3 Å². The quantitative estimate of drug-likeness (QED) is 0.125. The molecule has 2 rings (SSSR count). The number of nitrogens with zero attached hydrogens (tertiary/aromatic N) is 3. The zero-order chi connectivity index (χ0) is 47.8. The average molecular weight is 889 g/mol. The molecule has 9 atom stereocenters. The van der Waals surface area contributed by atoms with Crippen LogP contribution < -0.4 is 16.0 Å². The van der Waals surface area contributed by atoms with E-state index in [1.54, 1.807) is 51.6 Å².